The maximum atomic E-state index is 5.63. The molecule has 0 bridgehead atoms. The molecule has 2 heterocycles. The molecular weight excluding hydrogens is 214 g/mol. The molecule has 0 aliphatic carbocycles. The third-order valence-electron chi connectivity index (χ3n) is 2.47. The molecule has 0 saturated carbocycles. The van der Waals surface area contributed by atoms with Crippen LogP contribution in [0, 0.1) is 0 Å². The Morgan fingerprint density at radius 2 is 1.94 bits per heavy atom. The largest absolute Gasteiger partial charge is 0.382 e. The molecule has 2 aromatic rings. The molecule has 0 unspecified atom stereocenters. The monoisotopic (exact) mass is 229 g/mol. The third-order valence-corrected chi connectivity index (χ3v) is 2.47. The molecule has 2 aromatic heterocycles. The highest BCUT2D eigenvalue weighted by Gasteiger charge is 2.07. The van der Waals surface area contributed by atoms with Gasteiger partial charge in [-0.05, 0) is 24.6 Å². The molecular formula is C12H15N5. The zero-order chi connectivity index (χ0) is 12.1. The Bertz CT molecular complexity index is 471. The highest BCUT2D eigenvalue weighted by Crippen LogP contribution is 2.13. The Kier molecular flexibility index (Phi) is 3.49. The number of nitrogen functional groups attached to an aromatic ring is 1. The summed E-state index contributed by atoms with van der Waals surface area (Å²) in [6, 6.07) is 3.98. The fourth-order valence-corrected chi connectivity index (χ4v) is 1.59. The van der Waals surface area contributed by atoms with Gasteiger partial charge in [0.2, 0.25) is 0 Å². The van der Waals surface area contributed by atoms with Crippen LogP contribution in [0.1, 0.15) is 12.5 Å². The number of rotatable bonds is 4. The lowest BCUT2D eigenvalue weighted by atomic mass is 10.2. The maximum absolute atomic E-state index is 5.63. The van der Waals surface area contributed by atoms with Crippen molar-refractivity contribution in [3.63, 3.8) is 0 Å². The summed E-state index contributed by atoms with van der Waals surface area (Å²) in [6.45, 7) is 3.70. The summed E-state index contributed by atoms with van der Waals surface area (Å²) >= 11 is 0. The highest BCUT2D eigenvalue weighted by molar-refractivity contribution is 5.41. The molecule has 17 heavy (non-hydrogen) atoms. The molecule has 0 amide bonds. The second-order valence-electron chi connectivity index (χ2n) is 3.67. The van der Waals surface area contributed by atoms with Gasteiger partial charge in [-0.1, -0.05) is 0 Å². The molecule has 0 atom stereocenters. The quantitative estimate of drug-likeness (QED) is 0.860. The standard InChI is InChI=1S/C12H15N5/c1-2-17(9-10-3-5-14-6-4-10)12-8-15-7-11(13)16-12/h3-8H,2,9H2,1H3,(H2,13,16). The van der Waals surface area contributed by atoms with E-state index in [9.17, 15) is 0 Å². The first-order valence-corrected chi connectivity index (χ1v) is 5.51. The van der Waals surface area contributed by atoms with E-state index in [2.05, 4.69) is 26.8 Å². The summed E-state index contributed by atoms with van der Waals surface area (Å²) in [5.74, 6) is 1.24. The van der Waals surface area contributed by atoms with E-state index in [1.54, 1.807) is 24.8 Å². The molecule has 0 aliphatic heterocycles. The van der Waals surface area contributed by atoms with Crippen molar-refractivity contribution in [3.8, 4) is 0 Å². The second-order valence-corrected chi connectivity index (χ2v) is 3.67. The summed E-state index contributed by atoms with van der Waals surface area (Å²) in [6.07, 6.45) is 6.84. The van der Waals surface area contributed by atoms with Gasteiger partial charge in [-0.25, -0.2) is 4.98 Å². The van der Waals surface area contributed by atoms with Crippen molar-refractivity contribution in [2.75, 3.05) is 17.2 Å². The Morgan fingerprint density at radius 1 is 1.18 bits per heavy atom. The SMILES string of the molecule is CCN(Cc1ccncc1)c1cncc(N)n1. The molecule has 0 radical (unpaired) electrons. The Hall–Kier alpha value is -2.17. The fourth-order valence-electron chi connectivity index (χ4n) is 1.59. The van der Waals surface area contributed by atoms with Crippen LogP contribution in [0.5, 0.6) is 0 Å². The lowest BCUT2D eigenvalue weighted by Crippen LogP contribution is -2.23. The predicted molar refractivity (Wildman–Crippen MR) is 67.4 cm³/mol. The smallest absolute Gasteiger partial charge is 0.149 e. The van der Waals surface area contributed by atoms with E-state index >= 15 is 0 Å². The van der Waals surface area contributed by atoms with Crippen LogP contribution < -0.4 is 10.6 Å². The van der Waals surface area contributed by atoms with E-state index in [0.717, 1.165) is 18.9 Å². The second kappa shape index (κ2) is 5.25. The van der Waals surface area contributed by atoms with Crippen molar-refractivity contribution in [3.05, 3.63) is 42.5 Å². The zero-order valence-corrected chi connectivity index (χ0v) is 9.74. The van der Waals surface area contributed by atoms with Crippen molar-refractivity contribution >= 4 is 11.6 Å². The molecule has 88 valence electrons. The van der Waals surface area contributed by atoms with Crippen LogP contribution in [-0.2, 0) is 6.54 Å². The number of pyridine rings is 1. The average Bonchev–Trinajstić information content (AvgIpc) is 2.37. The van der Waals surface area contributed by atoms with Crippen LogP contribution >= 0.6 is 0 Å². The first kappa shape index (κ1) is 11.3. The Labute approximate surface area is 100 Å². The fraction of sp³-hybridized carbons (Fsp3) is 0.250. The summed E-state index contributed by atoms with van der Waals surface area (Å²) in [4.78, 5) is 14.4. The topological polar surface area (TPSA) is 67.9 Å². The Balaban J connectivity index is 2.17. The minimum atomic E-state index is 0.440. The van der Waals surface area contributed by atoms with Crippen LogP contribution in [0.2, 0.25) is 0 Å². The van der Waals surface area contributed by atoms with Gasteiger partial charge in [0.15, 0.2) is 0 Å². The first-order chi connectivity index (χ1) is 8.29. The normalized spacial score (nSPS) is 10.2. The van der Waals surface area contributed by atoms with Crippen LogP contribution in [0.25, 0.3) is 0 Å². The van der Waals surface area contributed by atoms with E-state index in [-0.39, 0.29) is 0 Å². The molecule has 0 aliphatic rings. The highest BCUT2D eigenvalue weighted by atomic mass is 15.2. The van der Waals surface area contributed by atoms with Gasteiger partial charge < -0.3 is 10.6 Å². The van der Waals surface area contributed by atoms with Gasteiger partial charge in [0, 0.05) is 25.5 Å². The van der Waals surface area contributed by atoms with Gasteiger partial charge in [0.05, 0.1) is 12.4 Å². The lowest BCUT2D eigenvalue weighted by molar-refractivity contribution is 0.809. The van der Waals surface area contributed by atoms with Crippen LogP contribution in [0.15, 0.2) is 36.9 Å². The van der Waals surface area contributed by atoms with E-state index in [1.165, 1.54) is 5.56 Å². The minimum absolute atomic E-state index is 0.440. The first-order valence-electron chi connectivity index (χ1n) is 5.51. The van der Waals surface area contributed by atoms with E-state index in [0.29, 0.717) is 5.82 Å². The predicted octanol–water partition coefficient (Wildman–Crippen LogP) is 1.48. The Morgan fingerprint density at radius 3 is 2.59 bits per heavy atom. The minimum Gasteiger partial charge on any atom is -0.382 e. The van der Waals surface area contributed by atoms with Crippen LogP contribution in [0.4, 0.5) is 11.6 Å². The van der Waals surface area contributed by atoms with E-state index in [1.807, 2.05) is 12.1 Å². The summed E-state index contributed by atoms with van der Waals surface area (Å²) in [7, 11) is 0. The van der Waals surface area contributed by atoms with Gasteiger partial charge in [-0.15, -0.1) is 0 Å². The average molecular weight is 229 g/mol. The molecule has 0 spiro atoms. The number of aromatic nitrogens is 3. The zero-order valence-electron chi connectivity index (χ0n) is 9.74. The van der Waals surface area contributed by atoms with Gasteiger partial charge in [-0.3, -0.25) is 9.97 Å². The van der Waals surface area contributed by atoms with Crippen molar-refractivity contribution in [2.24, 2.45) is 0 Å². The molecule has 2 N–H and O–H groups in total. The molecule has 0 fully saturated rings. The van der Waals surface area contributed by atoms with Crippen LogP contribution in [0.3, 0.4) is 0 Å². The van der Waals surface area contributed by atoms with Gasteiger partial charge >= 0.3 is 0 Å². The van der Waals surface area contributed by atoms with Gasteiger partial charge in [0.1, 0.15) is 11.6 Å². The molecule has 0 aromatic carbocycles. The summed E-state index contributed by atoms with van der Waals surface area (Å²) < 4.78 is 0. The van der Waals surface area contributed by atoms with E-state index in [4.69, 9.17) is 5.73 Å². The van der Waals surface area contributed by atoms with Gasteiger partial charge in [0.25, 0.3) is 0 Å². The number of hydrogen-bond donors (Lipinski definition) is 1. The van der Waals surface area contributed by atoms with Crippen molar-refractivity contribution in [2.45, 2.75) is 13.5 Å². The molecule has 0 saturated heterocycles. The molecule has 5 heteroatoms. The molecule has 5 nitrogen and oxygen atoms in total. The number of hydrogen-bond acceptors (Lipinski definition) is 5. The number of nitrogens with two attached hydrogens (primary N) is 1. The van der Waals surface area contributed by atoms with Crippen molar-refractivity contribution < 1.29 is 0 Å². The maximum Gasteiger partial charge on any atom is 0.149 e. The number of anilines is 2. The van der Waals surface area contributed by atoms with E-state index < -0.39 is 0 Å². The summed E-state index contributed by atoms with van der Waals surface area (Å²) in [5, 5.41) is 0. The third kappa shape index (κ3) is 2.90. The van der Waals surface area contributed by atoms with Crippen molar-refractivity contribution in [1.29, 1.82) is 0 Å². The lowest BCUT2D eigenvalue weighted by Gasteiger charge is -2.21. The van der Waals surface area contributed by atoms with Crippen LogP contribution in [-0.4, -0.2) is 21.5 Å². The summed E-state index contributed by atoms with van der Waals surface area (Å²) in [5.41, 5.74) is 6.82. The molecule has 2 rings (SSSR count). The number of nitrogens with zero attached hydrogens (tertiary/aromatic N) is 4. The van der Waals surface area contributed by atoms with Gasteiger partial charge in [-0.2, -0.15) is 0 Å². The van der Waals surface area contributed by atoms with Crippen molar-refractivity contribution in [1.82, 2.24) is 15.0 Å².